The van der Waals surface area contributed by atoms with Crippen molar-refractivity contribution in [3.8, 4) is 0 Å². The summed E-state index contributed by atoms with van der Waals surface area (Å²) in [6, 6.07) is 2.11. The predicted octanol–water partition coefficient (Wildman–Crippen LogP) is 4.22. The minimum absolute atomic E-state index is 0.131. The Labute approximate surface area is 137 Å². The first-order valence-electron chi connectivity index (χ1n) is 7.34. The molecule has 0 aromatic carbocycles. The third kappa shape index (κ3) is 3.60. The molecule has 1 amide bonds. The number of carbonyl (C=O) groups is 1. The highest BCUT2D eigenvalue weighted by atomic mass is 79.9. The predicted molar refractivity (Wildman–Crippen MR) is 91.2 cm³/mol. The lowest BCUT2D eigenvalue weighted by Crippen LogP contribution is -2.31. The first-order chi connectivity index (χ1) is 9.72. The maximum Gasteiger partial charge on any atom is 0.261 e. The van der Waals surface area contributed by atoms with Gasteiger partial charge in [0.2, 0.25) is 0 Å². The molecule has 2 unspecified atom stereocenters. The van der Waals surface area contributed by atoms with Crippen molar-refractivity contribution in [2.24, 2.45) is 5.92 Å². The molecule has 2 aliphatic rings. The molecule has 1 saturated carbocycles. The number of alkyl halides is 1. The van der Waals surface area contributed by atoms with Gasteiger partial charge in [-0.25, -0.2) is 0 Å². The lowest BCUT2D eigenvalue weighted by atomic mass is 9.89. The van der Waals surface area contributed by atoms with Gasteiger partial charge in [0.1, 0.15) is 0 Å². The highest BCUT2D eigenvalue weighted by Crippen LogP contribution is 2.32. The third-order valence-corrected chi connectivity index (χ3v) is 7.20. The molecular formula is C15H20BrNOS2. The van der Waals surface area contributed by atoms with Gasteiger partial charge < -0.3 is 5.32 Å². The summed E-state index contributed by atoms with van der Waals surface area (Å²) in [6.07, 6.45) is 6.13. The molecule has 0 saturated heterocycles. The third-order valence-electron chi connectivity index (χ3n) is 4.12. The van der Waals surface area contributed by atoms with Crippen molar-refractivity contribution in [2.45, 2.75) is 42.7 Å². The van der Waals surface area contributed by atoms with Gasteiger partial charge in [0, 0.05) is 22.0 Å². The van der Waals surface area contributed by atoms with E-state index in [1.807, 2.05) is 11.8 Å². The standard InChI is InChI=1S/C15H20BrNOS2/c16-12-3-1-2-10(6-12)8-17-15(18)14-7-11-9-19-5-4-13(11)20-14/h7,10,12H,1-6,8-9H2,(H,17,18). The highest BCUT2D eigenvalue weighted by Gasteiger charge is 2.22. The van der Waals surface area contributed by atoms with Gasteiger partial charge in [0.05, 0.1) is 4.88 Å². The zero-order chi connectivity index (χ0) is 13.9. The summed E-state index contributed by atoms with van der Waals surface area (Å²) < 4.78 is 0. The summed E-state index contributed by atoms with van der Waals surface area (Å²) in [5.41, 5.74) is 1.38. The van der Waals surface area contributed by atoms with Crippen LogP contribution < -0.4 is 5.32 Å². The van der Waals surface area contributed by atoms with E-state index in [0.29, 0.717) is 10.7 Å². The molecule has 0 radical (unpaired) electrons. The van der Waals surface area contributed by atoms with Gasteiger partial charge in [-0.2, -0.15) is 11.8 Å². The van der Waals surface area contributed by atoms with Crippen molar-refractivity contribution in [2.75, 3.05) is 12.3 Å². The van der Waals surface area contributed by atoms with Gasteiger partial charge in [-0.05, 0) is 49.0 Å². The summed E-state index contributed by atoms with van der Waals surface area (Å²) >= 11 is 7.37. The van der Waals surface area contributed by atoms with Gasteiger partial charge in [0.15, 0.2) is 0 Å². The van der Waals surface area contributed by atoms with Gasteiger partial charge in [-0.1, -0.05) is 22.4 Å². The van der Waals surface area contributed by atoms with Gasteiger partial charge in [-0.15, -0.1) is 11.3 Å². The van der Waals surface area contributed by atoms with E-state index in [1.165, 1.54) is 41.9 Å². The van der Waals surface area contributed by atoms with Crippen molar-refractivity contribution in [1.29, 1.82) is 0 Å². The van der Waals surface area contributed by atoms with Crippen LogP contribution in [0.25, 0.3) is 0 Å². The fraction of sp³-hybridized carbons (Fsp3) is 0.667. The topological polar surface area (TPSA) is 29.1 Å². The Hall–Kier alpha value is -0.000000000000000111. The summed E-state index contributed by atoms with van der Waals surface area (Å²) in [5.74, 6) is 3.05. The Morgan fingerprint density at radius 3 is 3.15 bits per heavy atom. The Balaban J connectivity index is 1.55. The molecule has 1 aromatic rings. The van der Waals surface area contributed by atoms with E-state index in [0.717, 1.165) is 23.6 Å². The Bertz CT molecular complexity index is 465. The number of hydrogen-bond acceptors (Lipinski definition) is 3. The minimum atomic E-state index is 0.131. The van der Waals surface area contributed by atoms with Crippen LogP contribution in [0.3, 0.4) is 0 Å². The molecule has 1 aliphatic heterocycles. The number of fused-ring (bicyclic) bond motifs is 1. The number of rotatable bonds is 3. The largest absolute Gasteiger partial charge is 0.351 e. The van der Waals surface area contributed by atoms with Gasteiger partial charge in [0.25, 0.3) is 5.91 Å². The smallest absolute Gasteiger partial charge is 0.261 e. The molecule has 1 aliphatic carbocycles. The molecule has 2 heterocycles. The van der Waals surface area contributed by atoms with E-state index in [9.17, 15) is 4.79 Å². The first kappa shape index (κ1) is 14.9. The van der Waals surface area contributed by atoms with Crippen molar-refractivity contribution in [1.82, 2.24) is 5.32 Å². The van der Waals surface area contributed by atoms with E-state index in [2.05, 4.69) is 27.3 Å². The molecule has 110 valence electrons. The zero-order valence-electron chi connectivity index (χ0n) is 11.5. The summed E-state index contributed by atoms with van der Waals surface area (Å²) in [5, 5.41) is 3.14. The molecule has 5 heteroatoms. The van der Waals surface area contributed by atoms with Crippen LogP contribution in [0.2, 0.25) is 0 Å². The quantitative estimate of drug-likeness (QED) is 0.803. The molecule has 1 fully saturated rings. The van der Waals surface area contributed by atoms with Crippen LogP contribution >= 0.6 is 39.0 Å². The number of halogens is 1. The summed E-state index contributed by atoms with van der Waals surface area (Å²) in [7, 11) is 0. The molecular weight excluding hydrogens is 354 g/mol. The number of amides is 1. The molecule has 2 atom stereocenters. The van der Waals surface area contributed by atoms with E-state index in [-0.39, 0.29) is 5.91 Å². The summed E-state index contributed by atoms with van der Waals surface area (Å²) in [6.45, 7) is 0.832. The lowest BCUT2D eigenvalue weighted by molar-refractivity contribution is 0.0948. The lowest BCUT2D eigenvalue weighted by Gasteiger charge is -2.25. The van der Waals surface area contributed by atoms with E-state index in [1.54, 1.807) is 11.3 Å². The van der Waals surface area contributed by atoms with Crippen LogP contribution in [-0.4, -0.2) is 23.0 Å². The monoisotopic (exact) mass is 373 g/mol. The molecule has 1 N–H and O–H groups in total. The maximum atomic E-state index is 12.3. The maximum absolute atomic E-state index is 12.3. The Morgan fingerprint density at radius 1 is 1.45 bits per heavy atom. The van der Waals surface area contributed by atoms with Gasteiger partial charge in [-0.3, -0.25) is 4.79 Å². The van der Waals surface area contributed by atoms with Crippen LogP contribution in [0.5, 0.6) is 0 Å². The van der Waals surface area contributed by atoms with E-state index in [4.69, 9.17) is 0 Å². The average Bonchev–Trinajstić information content (AvgIpc) is 2.89. The highest BCUT2D eigenvalue weighted by molar-refractivity contribution is 9.09. The Kier molecular flexibility index (Phi) is 5.10. The second-order valence-electron chi connectivity index (χ2n) is 5.70. The molecule has 1 aromatic heterocycles. The van der Waals surface area contributed by atoms with Crippen LogP contribution in [0, 0.1) is 5.92 Å². The van der Waals surface area contributed by atoms with Crippen LogP contribution in [0.1, 0.15) is 45.8 Å². The fourth-order valence-corrected chi connectivity index (χ4v) is 6.14. The number of carbonyl (C=O) groups excluding carboxylic acids is 1. The van der Waals surface area contributed by atoms with E-state index >= 15 is 0 Å². The van der Waals surface area contributed by atoms with Crippen LogP contribution in [0.4, 0.5) is 0 Å². The SMILES string of the molecule is O=C(NCC1CCCC(Br)C1)c1cc2c(s1)CCSC2. The number of hydrogen-bond donors (Lipinski definition) is 1. The van der Waals surface area contributed by atoms with Crippen molar-refractivity contribution in [3.05, 3.63) is 21.4 Å². The first-order valence-corrected chi connectivity index (χ1v) is 10.2. The van der Waals surface area contributed by atoms with Gasteiger partial charge >= 0.3 is 0 Å². The molecule has 3 rings (SSSR count). The van der Waals surface area contributed by atoms with Crippen molar-refractivity contribution in [3.63, 3.8) is 0 Å². The van der Waals surface area contributed by atoms with Crippen molar-refractivity contribution >= 4 is 44.9 Å². The van der Waals surface area contributed by atoms with E-state index < -0.39 is 0 Å². The number of thioether (sulfide) groups is 1. The summed E-state index contributed by atoms with van der Waals surface area (Å²) in [4.78, 5) is 15.2. The normalized spacial score (nSPS) is 26.1. The minimum Gasteiger partial charge on any atom is -0.351 e. The number of nitrogens with one attached hydrogen (secondary N) is 1. The zero-order valence-corrected chi connectivity index (χ0v) is 14.7. The van der Waals surface area contributed by atoms with Crippen LogP contribution in [0.15, 0.2) is 6.07 Å². The van der Waals surface area contributed by atoms with Crippen molar-refractivity contribution < 1.29 is 4.79 Å². The van der Waals surface area contributed by atoms with Crippen LogP contribution in [-0.2, 0) is 12.2 Å². The molecule has 0 spiro atoms. The molecule has 20 heavy (non-hydrogen) atoms. The Morgan fingerprint density at radius 2 is 2.35 bits per heavy atom. The average molecular weight is 374 g/mol. The second kappa shape index (κ2) is 6.84. The molecule has 0 bridgehead atoms. The fourth-order valence-electron chi connectivity index (χ4n) is 2.99. The number of thiophene rings is 1. The number of aryl methyl sites for hydroxylation is 1. The second-order valence-corrected chi connectivity index (χ2v) is 9.24. The molecule has 2 nitrogen and oxygen atoms in total.